The van der Waals surface area contributed by atoms with Crippen LogP contribution in [0, 0.1) is 11.8 Å². The summed E-state index contributed by atoms with van der Waals surface area (Å²) >= 11 is 5.99. The maximum Gasteiger partial charge on any atom is 0.0562 e. The van der Waals surface area contributed by atoms with E-state index in [0.29, 0.717) is 10.7 Å². The fourth-order valence-electron chi connectivity index (χ4n) is 1.32. The first-order chi connectivity index (χ1) is 7.75. The van der Waals surface area contributed by atoms with Crippen LogP contribution in [0.15, 0.2) is 48.5 Å². The van der Waals surface area contributed by atoms with Crippen molar-refractivity contribution < 1.29 is 0 Å². The van der Waals surface area contributed by atoms with Crippen LogP contribution >= 0.6 is 11.6 Å². The molecule has 0 saturated carbocycles. The Morgan fingerprint density at radius 2 is 1.75 bits per heavy atom. The third kappa shape index (κ3) is 2.56. The number of rotatable bonds is 0. The number of hydrogen-bond acceptors (Lipinski definition) is 1. The molecule has 78 valence electrons. The fourth-order valence-corrected chi connectivity index (χ4v) is 1.50. The summed E-state index contributed by atoms with van der Waals surface area (Å²) in [7, 11) is 0. The largest absolute Gasteiger partial charge is 0.399 e. The van der Waals surface area contributed by atoms with Crippen LogP contribution in [0.3, 0.4) is 0 Å². The molecule has 0 heterocycles. The maximum absolute atomic E-state index is 5.99. The van der Waals surface area contributed by atoms with Gasteiger partial charge in [-0.2, -0.15) is 0 Å². The quantitative estimate of drug-likeness (QED) is 0.542. The Hall–Kier alpha value is -1.91. The van der Waals surface area contributed by atoms with Gasteiger partial charge < -0.3 is 5.73 Å². The van der Waals surface area contributed by atoms with E-state index in [1.165, 1.54) is 0 Å². The third-order valence-electron chi connectivity index (χ3n) is 2.10. The van der Waals surface area contributed by atoms with Crippen LogP contribution < -0.4 is 5.73 Å². The minimum absolute atomic E-state index is 0.666. The van der Waals surface area contributed by atoms with Gasteiger partial charge in [-0.05, 0) is 30.3 Å². The minimum Gasteiger partial charge on any atom is -0.399 e. The van der Waals surface area contributed by atoms with E-state index in [1.54, 1.807) is 0 Å². The first kappa shape index (κ1) is 10.6. The summed E-state index contributed by atoms with van der Waals surface area (Å²) in [6.07, 6.45) is 0. The average molecular weight is 228 g/mol. The van der Waals surface area contributed by atoms with E-state index >= 15 is 0 Å². The molecule has 0 spiro atoms. The highest BCUT2D eigenvalue weighted by Crippen LogP contribution is 2.13. The Kier molecular flexibility index (Phi) is 3.14. The smallest absolute Gasteiger partial charge is 0.0562 e. The second kappa shape index (κ2) is 4.74. The molecule has 0 fully saturated rings. The molecule has 0 aliphatic carbocycles. The first-order valence-corrected chi connectivity index (χ1v) is 5.25. The number of hydrogen-bond donors (Lipinski definition) is 1. The Morgan fingerprint density at radius 1 is 0.938 bits per heavy atom. The molecule has 0 aliphatic heterocycles. The molecule has 0 radical (unpaired) electrons. The summed E-state index contributed by atoms with van der Waals surface area (Å²) in [5.74, 6) is 6.05. The summed E-state index contributed by atoms with van der Waals surface area (Å²) in [6.45, 7) is 0. The van der Waals surface area contributed by atoms with Crippen LogP contribution in [0.5, 0.6) is 0 Å². The van der Waals surface area contributed by atoms with Crippen molar-refractivity contribution >= 4 is 17.3 Å². The molecular weight excluding hydrogens is 218 g/mol. The molecule has 0 aromatic heterocycles. The van der Waals surface area contributed by atoms with Gasteiger partial charge in [-0.15, -0.1) is 0 Å². The normalized spacial score (nSPS) is 9.31. The molecule has 0 amide bonds. The molecule has 2 aromatic carbocycles. The highest BCUT2D eigenvalue weighted by Gasteiger charge is 1.93. The summed E-state index contributed by atoms with van der Waals surface area (Å²) in [5.41, 5.74) is 8.09. The number of nitrogen functional groups attached to an aromatic ring is 1. The highest BCUT2D eigenvalue weighted by atomic mass is 35.5. The van der Waals surface area contributed by atoms with Crippen LogP contribution in [0.2, 0.25) is 5.02 Å². The molecular formula is C14H10ClN. The van der Waals surface area contributed by atoms with Crippen molar-refractivity contribution in [3.8, 4) is 11.8 Å². The van der Waals surface area contributed by atoms with Gasteiger partial charge in [0.2, 0.25) is 0 Å². The molecule has 1 nitrogen and oxygen atoms in total. The Balaban J connectivity index is 2.32. The van der Waals surface area contributed by atoms with E-state index in [0.717, 1.165) is 11.1 Å². The summed E-state index contributed by atoms with van der Waals surface area (Å²) in [4.78, 5) is 0. The van der Waals surface area contributed by atoms with E-state index in [-0.39, 0.29) is 0 Å². The zero-order chi connectivity index (χ0) is 11.4. The van der Waals surface area contributed by atoms with Crippen molar-refractivity contribution in [2.45, 2.75) is 0 Å². The molecule has 0 saturated heterocycles. The van der Waals surface area contributed by atoms with Crippen molar-refractivity contribution in [2.24, 2.45) is 0 Å². The fraction of sp³-hybridized carbons (Fsp3) is 0. The van der Waals surface area contributed by atoms with E-state index in [2.05, 4.69) is 11.8 Å². The van der Waals surface area contributed by atoms with Gasteiger partial charge in [0, 0.05) is 16.8 Å². The lowest BCUT2D eigenvalue weighted by Gasteiger charge is -1.94. The van der Waals surface area contributed by atoms with Crippen molar-refractivity contribution in [1.29, 1.82) is 0 Å². The minimum atomic E-state index is 0.666. The summed E-state index contributed by atoms with van der Waals surface area (Å²) in [6, 6.07) is 15.0. The topological polar surface area (TPSA) is 26.0 Å². The van der Waals surface area contributed by atoms with E-state index < -0.39 is 0 Å². The zero-order valence-electron chi connectivity index (χ0n) is 8.57. The Labute approximate surface area is 99.9 Å². The van der Waals surface area contributed by atoms with E-state index in [1.807, 2.05) is 48.5 Å². The van der Waals surface area contributed by atoms with Crippen molar-refractivity contribution in [3.63, 3.8) is 0 Å². The molecule has 0 aliphatic rings. The standard InChI is InChI=1S/C14H10ClN/c15-14-7-2-1-5-12(14)9-8-11-4-3-6-13(16)10-11/h1-7,10H,16H2. The zero-order valence-corrected chi connectivity index (χ0v) is 9.33. The predicted molar refractivity (Wildman–Crippen MR) is 68.3 cm³/mol. The molecule has 2 heteroatoms. The van der Waals surface area contributed by atoms with Crippen LogP contribution in [-0.4, -0.2) is 0 Å². The molecule has 0 bridgehead atoms. The van der Waals surface area contributed by atoms with Gasteiger partial charge in [0.05, 0.1) is 5.02 Å². The lowest BCUT2D eigenvalue weighted by atomic mass is 10.1. The van der Waals surface area contributed by atoms with E-state index in [9.17, 15) is 0 Å². The molecule has 2 N–H and O–H groups in total. The van der Waals surface area contributed by atoms with Gasteiger partial charge in [-0.1, -0.05) is 41.6 Å². The molecule has 2 aromatic rings. The lowest BCUT2D eigenvalue weighted by Crippen LogP contribution is -1.84. The van der Waals surface area contributed by atoms with Crippen molar-refractivity contribution in [1.82, 2.24) is 0 Å². The predicted octanol–water partition coefficient (Wildman–Crippen LogP) is 3.32. The summed E-state index contributed by atoms with van der Waals surface area (Å²) in [5, 5.41) is 0.666. The number of halogens is 1. The SMILES string of the molecule is Nc1cccc(C#Cc2ccccc2Cl)c1. The van der Waals surface area contributed by atoms with Crippen LogP contribution in [0.4, 0.5) is 5.69 Å². The van der Waals surface area contributed by atoms with Gasteiger partial charge in [0.15, 0.2) is 0 Å². The van der Waals surface area contributed by atoms with Gasteiger partial charge in [-0.3, -0.25) is 0 Å². The Morgan fingerprint density at radius 3 is 2.50 bits per heavy atom. The molecule has 0 atom stereocenters. The van der Waals surface area contributed by atoms with Crippen LogP contribution in [0.1, 0.15) is 11.1 Å². The number of benzene rings is 2. The molecule has 0 unspecified atom stereocenters. The molecule has 2 rings (SSSR count). The van der Waals surface area contributed by atoms with Crippen molar-refractivity contribution in [3.05, 3.63) is 64.7 Å². The Bertz CT molecular complexity index is 564. The monoisotopic (exact) mass is 227 g/mol. The summed E-state index contributed by atoms with van der Waals surface area (Å²) < 4.78 is 0. The van der Waals surface area contributed by atoms with Gasteiger partial charge in [-0.25, -0.2) is 0 Å². The third-order valence-corrected chi connectivity index (χ3v) is 2.43. The highest BCUT2D eigenvalue weighted by molar-refractivity contribution is 6.31. The number of nitrogens with two attached hydrogens (primary N) is 1. The second-order valence-corrected chi connectivity index (χ2v) is 3.76. The number of anilines is 1. The van der Waals surface area contributed by atoms with Gasteiger partial charge in [0.25, 0.3) is 0 Å². The van der Waals surface area contributed by atoms with E-state index in [4.69, 9.17) is 17.3 Å². The average Bonchev–Trinajstić information content (AvgIpc) is 2.28. The van der Waals surface area contributed by atoms with Crippen LogP contribution in [0.25, 0.3) is 0 Å². The van der Waals surface area contributed by atoms with Gasteiger partial charge >= 0.3 is 0 Å². The maximum atomic E-state index is 5.99. The van der Waals surface area contributed by atoms with Crippen molar-refractivity contribution in [2.75, 3.05) is 5.73 Å². The first-order valence-electron chi connectivity index (χ1n) is 4.88. The second-order valence-electron chi connectivity index (χ2n) is 3.36. The molecule has 16 heavy (non-hydrogen) atoms. The lowest BCUT2D eigenvalue weighted by molar-refractivity contribution is 1.61. The van der Waals surface area contributed by atoms with Gasteiger partial charge in [0.1, 0.15) is 0 Å². The van der Waals surface area contributed by atoms with Crippen LogP contribution in [-0.2, 0) is 0 Å².